The molecule has 0 aromatic carbocycles. The van der Waals surface area contributed by atoms with Crippen LogP contribution in [0.2, 0.25) is 0 Å². The van der Waals surface area contributed by atoms with Crippen LogP contribution in [0.25, 0.3) is 0 Å². The van der Waals surface area contributed by atoms with Gasteiger partial charge in [0.1, 0.15) is 0 Å². The number of nitriles is 4. The summed E-state index contributed by atoms with van der Waals surface area (Å²) < 4.78 is 0. The van der Waals surface area contributed by atoms with Crippen molar-refractivity contribution < 1.29 is 0 Å². The maximum Gasteiger partial charge on any atom is 0.0991 e. The Kier molecular flexibility index (Phi) is 11.8. The Balaban J connectivity index is 7.03. The van der Waals surface area contributed by atoms with Gasteiger partial charge in [-0.05, 0) is 50.7 Å². The highest BCUT2D eigenvalue weighted by Crippen LogP contribution is 2.43. The van der Waals surface area contributed by atoms with Crippen LogP contribution in [0, 0.1) is 50.7 Å². The molecule has 0 radical (unpaired) electrons. The first kappa shape index (κ1) is 25.9. The van der Waals surface area contributed by atoms with Crippen molar-refractivity contribution in [3.63, 3.8) is 0 Å². The van der Waals surface area contributed by atoms with Gasteiger partial charge in [-0.1, -0.05) is 52.7 Å². The van der Waals surface area contributed by atoms with E-state index in [1.54, 1.807) is 12.2 Å². The molecule has 4 heteroatoms. The van der Waals surface area contributed by atoms with Gasteiger partial charge in [0.15, 0.2) is 0 Å². The normalized spacial score (nSPS) is 11.5. The summed E-state index contributed by atoms with van der Waals surface area (Å²) in [5, 5.41) is 39.2. The Labute approximate surface area is 176 Å². The van der Waals surface area contributed by atoms with Gasteiger partial charge in [-0.15, -0.1) is 0 Å². The topological polar surface area (TPSA) is 95.2 Å². The van der Waals surface area contributed by atoms with Crippen LogP contribution < -0.4 is 0 Å². The van der Waals surface area contributed by atoms with E-state index in [4.69, 9.17) is 0 Å². The van der Waals surface area contributed by atoms with Gasteiger partial charge in [0, 0.05) is 16.6 Å². The van der Waals surface area contributed by atoms with Crippen molar-refractivity contribution in [2.75, 3.05) is 0 Å². The van der Waals surface area contributed by atoms with E-state index in [2.05, 4.69) is 24.3 Å². The number of hydrogen-bond acceptors (Lipinski definition) is 4. The zero-order valence-corrected chi connectivity index (χ0v) is 18.7. The van der Waals surface area contributed by atoms with Gasteiger partial charge in [0.05, 0.1) is 35.4 Å². The van der Waals surface area contributed by atoms with E-state index in [-0.39, 0.29) is 0 Å². The van der Waals surface area contributed by atoms with E-state index in [9.17, 15) is 21.0 Å². The Morgan fingerprint density at radius 3 is 1.07 bits per heavy atom. The van der Waals surface area contributed by atoms with Crippen LogP contribution in [0.5, 0.6) is 0 Å². The van der Waals surface area contributed by atoms with Crippen LogP contribution in [0.3, 0.4) is 0 Å². The molecule has 152 valence electrons. The minimum atomic E-state index is -0.827. The number of allylic oxidation sites excluding steroid dienone is 8. The smallest absolute Gasteiger partial charge is 0.0991 e. The van der Waals surface area contributed by atoms with Crippen molar-refractivity contribution in [3.05, 3.63) is 45.6 Å². The van der Waals surface area contributed by atoms with Gasteiger partial charge in [-0.3, -0.25) is 0 Å². The monoisotopic (exact) mass is 388 g/mol. The third-order valence-corrected chi connectivity index (χ3v) is 5.77. The number of rotatable bonds is 10. The van der Waals surface area contributed by atoms with E-state index in [0.29, 0.717) is 35.1 Å². The molecule has 0 aliphatic rings. The summed E-state index contributed by atoms with van der Waals surface area (Å²) in [6.07, 6.45) is 7.29. The van der Waals surface area contributed by atoms with Crippen LogP contribution in [-0.2, 0) is 0 Å². The fourth-order valence-corrected chi connectivity index (χ4v) is 3.69. The van der Waals surface area contributed by atoms with E-state index < -0.39 is 5.41 Å². The van der Waals surface area contributed by atoms with Gasteiger partial charge in [0.25, 0.3) is 0 Å². The van der Waals surface area contributed by atoms with Gasteiger partial charge < -0.3 is 0 Å². The first-order valence-corrected chi connectivity index (χ1v) is 10.4. The second-order valence-electron chi connectivity index (χ2n) is 6.80. The molecular formula is C25H32N4. The predicted molar refractivity (Wildman–Crippen MR) is 117 cm³/mol. The molecule has 0 heterocycles. The molecule has 0 atom stereocenters. The third-order valence-electron chi connectivity index (χ3n) is 5.77. The summed E-state index contributed by atoms with van der Waals surface area (Å²) in [4.78, 5) is 0. The van der Waals surface area contributed by atoms with Crippen molar-refractivity contribution in [1.82, 2.24) is 0 Å². The lowest BCUT2D eigenvalue weighted by molar-refractivity contribution is 0.419. The number of hydrogen-bond donors (Lipinski definition) is 0. The molecule has 0 fully saturated rings. The van der Waals surface area contributed by atoms with Crippen molar-refractivity contribution in [1.29, 1.82) is 21.0 Å². The van der Waals surface area contributed by atoms with Crippen LogP contribution in [0.4, 0.5) is 0 Å². The van der Waals surface area contributed by atoms with Crippen molar-refractivity contribution in [2.45, 2.75) is 80.1 Å². The zero-order valence-electron chi connectivity index (χ0n) is 18.7. The molecule has 0 aliphatic heterocycles. The Bertz CT molecular complexity index is 782. The summed E-state index contributed by atoms with van der Waals surface area (Å²) in [5.41, 5.74) is 2.94. The molecular weight excluding hydrogens is 356 g/mol. The Morgan fingerprint density at radius 1 is 0.586 bits per heavy atom. The highest BCUT2D eigenvalue weighted by atomic mass is 14.4. The maximum absolute atomic E-state index is 9.97. The highest BCUT2D eigenvalue weighted by molar-refractivity contribution is 5.54. The largest absolute Gasteiger partial charge is 0.193 e. The first-order valence-electron chi connectivity index (χ1n) is 10.4. The second kappa shape index (κ2) is 13.2. The summed E-state index contributed by atoms with van der Waals surface area (Å²) in [5.74, 6) is 0. The molecule has 0 unspecified atom stereocenters. The summed E-state index contributed by atoms with van der Waals surface area (Å²) in [6, 6.07) is 8.97. The summed E-state index contributed by atoms with van der Waals surface area (Å²) in [6.45, 7) is 11.8. The predicted octanol–water partition coefficient (Wildman–Crippen LogP) is 6.97. The lowest BCUT2D eigenvalue weighted by Gasteiger charge is -2.31. The Morgan fingerprint density at radius 2 is 0.897 bits per heavy atom. The van der Waals surface area contributed by atoms with Gasteiger partial charge in [0.2, 0.25) is 0 Å². The molecule has 29 heavy (non-hydrogen) atoms. The molecule has 0 bridgehead atoms. The standard InChI is InChI=1S/C25H32N4/c1-7-19(8-2)21(15-26)13-23(17-28)25(11-5,12-6)24(18-29)14-22(16-27)20(9-3)10-4/h13-14H,7-12H2,1-6H3/b23-13-,24-14-. The molecule has 0 aliphatic carbocycles. The minimum absolute atomic E-state index is 0.401. The van der Waals surface area contributed by atoms with Crippen LogP contribution in [0.1, 0.15) is 80.1 Å². The molecule has 0 amide bonds. The van der Waals surface area contributed by atoms with E-state index in [0.717, 1.165) is 36.8 Å². The number of nitrogens with zero attached hydrogens (tertiary/aromatic N) is 4. The molecule has 0 N–H and O–H groups in total. The molecule has 4 nitrogen and oxygen atoms in total. The average Bonchev–Trinajstić information content (AvgIpc) is 2.76. The zero-order chi connectivity index (χ0) is 22.4. The van der Waals surface area contributed by atoms with Crippen molar-refractivity contribution in [2.24, 2.45) is 5.41 Å². The highest BCUT2D eigenvalue weighted by Gasteiger charge is 2.36. The van der Waals surface area contributed by atoms with Crippen LogP contribution in [-0.4, -0.2) is 0 Å². The third kappa shape index (κ3) is 5.95. The molecule has 0 aromatic heterocycles. The average molecular weight is 389 g/mol. The molecule has 0 rings (SSSR count). The minimum Gasteiger partial charge on any atom is -0.193 e. The molecule has 0 aromatic rings. The fourth-order valence-electron chi connectivity index (χ4n) is 3.69. The van der Waals surface area contributed by atoms with E-state index >= 15 is 0 Å². The SMILES string of the molecule is CCC(CC)=C(C#N)/C=C(/C#N)C(CC)(CC)/C(C#N)=C\C(C#N)=C(CC)CC. The lowest BCUT2D eigenvalue weighted by atomic mass is 9.69. The van der Waals surface area contributed by atoms with Crippen LogP contribution in [0.15, 0.2) is 45.6 Å². The maximum atomic E-state index is 9.97. The molecule has 0 saturated heterocycles. The van der Waals surface area contributed by atoms with E-state index in [1.807, 2.05) is 41.5 Å². The molecule has 0 saturated carbocycles. The molecule has 0 spiro atoms. The summed E-state index contributed by atoms with van der Waals surface area (Å²) >= 11 is 0. The van der Waals surface area contributed by atoms with Crippen molar-refractivity contribution in [3.8, 4) is 24.3 Å². The van der Waals surface area contributed by atoms with Crippen LogP contribution >= 0.6 is 0 Å². The van der Waals surface area contributed by atoms with Crippen molar-refractivity contribution >= 4 is 0 Å². The Hall–Kier alpha value is -3.08. The quantitative estimate of drug-likeness (QED) is 0.298. The lowest BCUT2D eigenvalue weighted by Crippen LogP contribution is -2.24. The van der Waals surface area contributed by atoms with E-state index in [1.165, 1.54) is 0 Å². The summed E-state index contributed by atoms with van der Waals surface area (Å²) in [7, 11) is 0. The van der Waals surface area contributed by atoms with Gasteiger partial charge in [-0.25, -0.2) is 0 Å². The second-order valence-corrected chi connectivity index (χ2v) is 6.80. The van der Waals surface area contributed by atoms with Gasteiger partial charge >= 0.3 is 0 Å². The first-order chi connectivity index (χ1) is 13.9. The fraction of sp³-hybridized carbons (Fsp3) is 0.520. The van der Waals surface area contributed by atoms with Gasteiger partial charge in [-0.2, -0.15) is 21.0 Å².